The molecule has 0 spiro atoms. The molecule has 3 heteroatoms. The van der Waals surface area contributed by atoms with Gasteiger partial charge in [0.15, 0.2) is 0 Å². The maximum Gasteiger partial charge on any atom is 0.119 e. The third-order valence-electron chi connectivity index (χ3n) is 5.51. The maximum absolute atomic E-state index is 9.71. The van der Waals surface area contributed by atoms with Crippen LogP contribution in [0, 0.1) is 11.8 Å². The van der Waals surface area contributed by atoms with Gasteiger partial charge >= 0.3 is 0 Å². The van der Waals surface area contributed by atoms with Crippen LogP contribution in [0.25, 0.3) is 0 Å². The van der Waals surface area contributed by atoms with Gasteiger partial charge in [-0.05, 0) is 61.6 Å². The molecule has 1 aromatic carbocycles. The minimum Gasteiger partial charge on any atom is -0.494 e. The Hall–Kier alpha value is -1.06. The van der Waals surface area contributed by atoms with Crippen LogP contribution in [-0.4, -0.2) is 23.9 Å². The van der Waals surface area contributed by atoms with Crippen molar-refractivity contribution in [3.05, 3.63) is 29.8 Å². The summed E-state index contributed by atoms with van der Waals surface area (Å²) in [7, 11) is 0. The van der Waals surface area contributed by atoms with Gasteiger partial charge in [0.25, 0.3) is 0 Å². The highest BCUT2D eigenvalue weighted by molar-refractivity contribution is 5.27. The molecule has 3 nitrogen and oxygen atoms in total. The summed E-state index contributed by atoms with van der Waals surface area (Å²) >= 11 is 0. The first-order chi connectivity index (χ1) is 12.0. The van der Waals surface area contributed by atoms with Gasteiger partial charge in [-0.15, -0.1) is 0 Å². The molecule has 0 saturated heterocycles. The van der Waals surface area contributed by atoms with Crippen LogP contribution in [0.2, 0.25) is 0 Å². The van der Waals surface area contributed by atoms with Crippen molar-refractivity contribution < 1.29 is 9.84 Å². The molecule has 25 heavy (non-hydrogen) atoms. The molecule has 0 radical (unpaired) electrons. The molecule has 1 aromatic rings. The lowest BCUT2D eigenvalue weighted by molar-refractivity contribution is 0.135. The van der Waals surface area contributed by atoms with E-state index in [-0.39, 0.29) is 6.61 Å². The second-order valence-corrected chi connectivity index (χ2v) is 8.40. The highest BCUT2D eigenvalue weighted by atomic mass is 16.5. The van der Waals surface area contributed by atoms with Crippen molar-refractivity contribution in [2.75, 3.05) is 13.2 Å². The molecule has 0 aliphatic heterocycles. The first-order valence-corrected chi connectivity index (χ1v) is 10.1. The summed E-state index contributed by atoms with van der Waals surface area (Å²) < 4.78 is 5.82. The molecule has 1 fully saturated rings. The fourth-order valence-electron chi connectivity index (χ4n) is 3.51. The van der Waals surface area contributed by atoms with Gasteiger partial charge in [0.2, 0.25) is 0 Å². The molecule has 1 aliphatic carbocycles. The number of rotatable bonds is 12. The summed E-state index contributed by atoms with van der Waals surface area (Å²) in [5.74, 6) is 2.45. The average Bonchev–Trinajstić information content (AvgIpc) is 2.57. The number of nitrogens with two attached hydrogens (primary N) is 1. The number of aliphatic hydroxyl groups excluding tert-OH is 1. The lowest BCUT2D eigenvalue weighted by Gasteiger charge is -2.35. The number of aryl methyl sites for hydroxylation is 1. The third kappa shape index (κ3) is 7.37. The van der Waals surface area contributed by atoms with Crippen molar-refractivity contribution in [3.63, 3.8) is 0 Å². The minimum absolute atomic E-state index is 0.0844. The van der Waals surface area contributed by atoms with Gasteiger partial charge in [-0.2, -0.15) is 0 Å². The van der Waals surface area contributed by atoms with Crippen LogP contribution in [0.1, 0.15) is 70.8 Å². The van der Waals surface area contributed by atoms with E-state index in [1.165, 1.54) is 37.7 Å². The highest BCUT2D eigenvalue weighted by Gasteiger charge is 2.30. The molecule has 1 aliphatic rings. The lowest BCUT2D eigenvalue weighted by atomic mass is 9.75. The van der Waals surface area contributed by atoms with Gasteiger partial charge in [0.05, 0.1) is 13.2 Å². The number of hydrogen-bond donors (Lipinski definition) is 2. The summed E-state index contributed by atoms with van der Waals surface area (Å²) in [5, 5.41) is 9.71. The number of ether oxygens (including phenoxy) is 1. The Morgan fingerprint density at radius 3 is 2.48 bits per heavy atom. The van der Waals surface area contributed by atoms with Crippen molar-refractivity contribution in [2.45, 2.75) is 77.2 Å². The summed E-state index contributed by atoms with van der Waals surface area (Å²) in [6.45, 7) is 5.40. The summed E-state index contributed by atoms with van der Waals surface area (Å²) in [6, 6.07) is 8.37. The molecule has 142 valence electrons. The molecule has 0 aromatic heterocycles. The van der Waals surface area contributed by atoms with E-state index in [0.717, 1.165) is 49.9 Å². The van der Waals surface area contributed by atoms with E-state index in [4.69, 9.17) is 10.5 Å². The quantitative estimate of drug-likeness (QED) is 0.539. The normalized spacial score (nSPS) is 17.3. The first kappa shape index (κ1) is 20.3. The van der Waals surface area contributed by atoms with E-state index < -0.39 is 5.54 Å². The average molecular weight is 348 g/mol. The predicted molar refractivity (Wildman–Crippen MR) is 105 cm³/mol. The van der Waals surface area contributed by atoms with E-state index in [1.807, 2.05) is 0 Å². The smallest absolute Gasteiger partial charge is 0.119 e. The van der Waals surface area contributed by atoms with Crippen molar-refractivity contribution in [3.8, 4) is 5.75 Å². The van der Waals surface area contributed by atoms with Crippen LogP contribution >= 0.6 is 0 Å². The number of unbranched alkanes of at least 4 members (excludes halogenated alkanes) is 1. The SMILES string of the molecule is CC(C)CCCCOc1ccc(CC[C@@](N)(CO)CC2CCC2)cc1. The number of hydrogen-bond acceptors (Lipinski definition) is 3. The second kappa shape index (κ2) is 10.2. The van der Waals surface area contributed by atoms with Crippen LogP contribution < -0.4 is 10.5 Å². The second-order valence-electron chi connectivity index (χ2n) is 8.40. The Kier molecular flexibility index (Phi) is 8.25. The summed E-state index contributed by atoms with van der Waals surface area (Å²) in [4.78, 5) is 0. The Labute approximate surface area is 154 Å². The van der Waals surface area contributed by atoms with E-state index in [1.54, 1.807) is 0 Å². The van der Waals surface area contributed by atoms with E-state index in [2.05, 4.69) is 38.1 Å². The highest BCUT2D eigenvalue weighted by Crippen LogP contribution is 2.34. The largest absolute Gasteiger partial charge is 0.494 e. The van der Waals surface area contributed by atoms with Crippen molar-refractivity contribution in [2.24, 2.45) is 17.6 Å². The monoisotopic (exact) mass is 347 g/mol. The Balaban J connectivity index is 1.70. The summed E-state index contributed by atoms with van der Waals surface area (Å²) in [5.41, 5.74) is 7.27. The Morgan fingerprint density at radius 1 is 1.20 bits per heavy atom. The van der Waals surface area contributed by atoms with Crippen LogP contribution in [-0.2, 0) is 6.42 Å². The Bertz CT molecular complexity index is 481. The van der Waals surface area contributed by atoms with Crippen molar-refractivity contribution >= 4 is 0 Å². The van der Waals surface area contributed by atoms with Crippen LogP contribution in [0.4, 0.5) is 0 Å². The first-order valence-electron chi connectivity index (χ1n) is 10.1. The van der Waals surface area contributed by atoms with Crippen molar-refractivity contribution in [1.82, 2.24) is 0 Å². The van der Waals surface area contributed by atoms with Gasteiger partial charge in [-0.25, -0.2) is 0 Å². The van der Waals surface area contributed by atoms with Gasteiger partial charge < -0.3 is 15.6 Å². The fourth-order valence-corrected chi connectivity index (χ4v) is 3.51. The van der Waals surface area contributed by atoms with E-state index in [0.29, 0.717) is 0 Å². The van der Waals surface area contributed by atoms with Gasteiger partial charge in [-0.3, -0.25) is 0 Å². The van der Waals surface area contributed by atoms with Crippen LogP contribution in [0.3, 0.4) is 0 Å². The molecule has 0 amide bonds. The topological polar surface area (TPSA) is 55.5 Å². The molecule has 1 atom stereocenters. The number of aliphatic hydroxyl groups is 1. The third-order valence-corrected chi connectivity index (χ3v) is 5.51. The molecule has 0 unspecified atom stereocenters. The molecule has 2 rings (SSSR count). The Morgan fingerprint density at radius 2 is 1.92 bits per heavy atom. The lowest BCUT2D eigenvalue weighted by Crippen LogP contribution is -2.46. The van der Waals surface area contributed by atoms with Gasteiger partial charge in [-0.1, -0.05) is 51.7 Å². The predicted octanol–water partition coefficient (Wildman–Crippen LogP) is 4.70. The number of benzene rings is 1. The molecule has 1 saturated carbocycles. The van der Waals surface area contributed by atoms with Crippen molar-refractivity contribution in [1.29, 1.82) is 0 Å². The standard InChI is InChI=1S/C22H37NO2/c1-18(2)6-3-4-15-25-21-11-9-19(10-12-21)13-14-22(23,17-24)16-20-7-5-8-20/h9-12,18,20,24H,3-8,13-17,23H2,1-2H3/t22-/m0/s1. The molecule has 0 heterocycles. The zero-order valence-corrected chi connectivity index (χ0v) is 16.2. The van der Waals surface area contributed by atoms with E-state index in [9.17, 15) is 5.11 Å². The van der Waals surface area contributed by atoms with Crippen LogP contribution in [0.5, 0.6) is 5.75 Å². The fraction of sp³-hybridized carbons (Fsp3) is 0.727. The van der Waals surface area contributed by atoms with Crippen LogP contribution in [0.15, 0.2) is 24.3 Å². The minimum atomic E-state index is -0.420. The molecular weight excluding hydrogens is 310 g/mol. The van der Waals surface area contributed by atoms with Gasteiger partial charge in [0, 0.05) is 5.54 Å². The molecule has 0 bridgehead atoms. The zero-order chi connectivity index (χ0) is 18.1. The maximum atomic E-state index is 9.71. The molecule has 3 N–H and O–H groups in total. The summed E-state index contributed by atoms with van der Waals surface area (Å²) in [6.07, 6.45) is 10.2. The van der Waals surface area contributed by atoms with E-state index >= 15 is 0 Å². The zero-order valence-electron chi connectivity index (χ0n) is 16.2. The molecular formula is C22H37NO2. The van der Waals surface area contributed by atoms with Gasteiger partial charge in [0.1, 0.15) is 5.75 Å².